The van der Waals surface area contributed by atoms with Gasteiger partial charge in [0.05, 0.1) is 25.0 Å². The molecule has 7 heteroatoms. The van der Waals surface area contributed by atoms with Gasteiger partial charge in [-0.1, -0.05) is 0 Å². The number of nitrogens with one attached hydrogen (secondary N) is 1. The van der Waals surface area contributed by atoms with E-state index in [1.807, 2.05) is 0 Å². The van der Waals surface area contributed by atoms with E-state index in [0.717, 1.165) is 0 Å². The minimum absolute atomic E-state index is 0.360. The summed E-state index contributed by atoms with van der Waals surface area (Å²) in [6.45, 7) is 1.14. The second-order valence-corrected chi connectivity index (χ2v) is 3.57. The molecule has 88 valence electrons. The highest BCUT2D eigenvalue weighted by atomic mass is 16.7. The van der Waals surface area contributed by atoms with Crippen molar-refractivity contribution in [2.24, 2.45) is 0 Å². The predicted octanol–water partition coefficient (Wildman–Crippen LogP) is -2.16. The third-order valence-corrected chi connectivity index (χ3v) is 2.45. The molecule has 0 bridgehead atoms. The average molecular weight is 221 g/mol. The Morgan fingerprint density at radius 3 is 2.67 bits per heavy atom. The summed E-state index contributed by atoms with van der Waals surface area (Å²) in [5.74, 6) is -3.89. The van der Waals surface area contributed by atoms with Crippen molar-refractivity contribution in [1.29, 1.82) is 0 Å². The van der Waals surface area contributed by atoms with Crippen LogP contribution in [0.4, 0.5) is 0 Å². The smallest absolute Gasteiger partial charge is 0.364 e. The van der Waals surface area contributed by atoms with Gasteiger partial charge in [0.1, 0.15) is 0 Å². The van der Waals surface area contributed by atoms with Crippen molar-refractivity contribution >= 4 is 5.97 Å². The van der Waals surface area contributed by atoms with E-state index in [1.54, 1.807) is 0 Å². The molecule has 1 rings (SSSR count). The Hall–Kier alpha value is -0.730. The van der Waals surface area contributed by atoms with Crippen LogP contribution in [0.3, 0.4) is 0 Å². The van der Waals surface area contributed by atoms with Gasteiger partial charge in [0.15, 0.2) is 0 Å². The van der Waals surface area contributed by atoms with Crippen LogP contribution >= 0.6 is 0 Å². The van der Waals surface area contributed by atoms with Crippen LogP contribution in [0, 0.1) is 0 Å². The largest absolute Gasteiger partial charge is 0.477 e. The molecule has 1 aliphatic rings. The van der Waals surface area contributed by atoms with Crippen molar-refractivity contribution in [2.45, 2.75) is 37.4 Å². The summed E-state index contributed by atoms with van der Waals surface area (Å²) in [7, 11) is 0. The summed E-state index contributed by atoms with van der Waals surface area (Å²) in [5, 5.41) is 38.9. The first-order valence-corrected chi connectivity index (χ1v) is 4.56. The summed E-state index contributed by atoms with van der Waals surface area (Å²) in [5.41, 5.74) is 0. The number of hydrogen-bond donors (Lipinski definition) is 5. The molecule has 4 unspecified atom stereocenters. The molecule has 0 radical (unpaired) electrons. The molecule has 15 heavy (non-hydrogen) atoms. The van der Waals surface area contributed by atoms with Gasteiger partial charge in [-0.15, -0.1) is 0 Å². The maximum absolute atomic E-state index is 10.7. The summed E-state index contributed by atoms with van der Waals surface area (Å²) < 4.78 is 4.89. The van der Waals surface area contributed by atoms with Crippen molar-refractivity contribution < 1.29 is 30.0 Å². The highest BCUT2D eigenvalue weighted by Gasteiger charge is 2.49. The Labute approximate surface area is 86.3 Å². The van der Waals surface area contributed by atoms with Gasteiger partial charge in [-0.3, -0.25) is 5.32 Å². The number of aliphatic carboxylic acids is 1. The molecule has 5 N–H and O–H groups in total. The fourth-order valence-corrected chi connectivity index (χ4v) is 1.70. The molecule has 0 aromatic heterocycles. The lowest BCUT2D eigenvalue weighted by molar-refractivity contribution is -0.274. The van der Waals surface area contributed by atoms with Gasteiger partial charge >= 0.3 is 5.97 Å². The van der Waals surface area contributed by atoms with Crippen LogP contribution in [0.2, 0.25) is 0 Å². The molecular formula is C8H15NO6. The van der Waals surface area contributed by atoms with Crippen LogP contribution in [0.5, 0.6) is 0 Å². The Balaban J connectivity index is 2.74. The minimum atomic E-state index is -2.35. The number of aliphatic hydroxyl groups excluding tert-OH is 2. The topological polar surface area (TPSA) is 119 Å². The quantitative estimate of drug-likeness (QED) is 0.344. The maximum Gasteiger partial charge on any atom is 0.364 e. The SMILES string of the molecule is CC1OC(O)(C(=O)O)CC(O)C1NCO. The molecule has 0 aromatic carbocycles. The first-order valence-electron chi connectivity index (χ1n) is 4.56. The first kappa shape index (κ1) is 12.3. The molecule has 0 aromatic rings. The number of rotatable bonds is 3. The molecule has 0 aliphatic carbocycles. The number of hydrogen-bond acceptors (Lipinski definition) is 6. The zero-order valence-corrected chi connectivity index (χ0v) is 8.25. The van der Waals surface area contributed by atoms with Crippen molar-refractivity contribution in [1.82, 2.24) is 5.32 Å². The van der Waals surface area contributed by atoms with Crippen LogP contribution in [0.25, 0.3) is 0 Å². The van der Waals surface area contributed by atoms with Gasteiger partial charge in [0.2, 0.25) is 0 Å². The summed E-state index contributed by atoms with van der Waals surface area (Å²) >= 11 is 0. The molecule has 1 saturated heterocycles. The van der Waals surface area contributed by atoms with Crippen molar-refractivity contribution in [2.75, 3.05) is 6.73 Å². The molecule has 1 heterocycles. The van der Waals surface area contributed by atoms with Gasteiger partial charge < -0.3 is 25.2 Å². The Morgan fingerprint density at radius 1 is 1.67 bits per heavy atom. The molecular weight excluding hydrogens is 206 g/mol. The summed E-state index contributed by atoms with van der Waals surface area (Å²) in [6, 6.07) is -0.602. The van der Waals surface area contributed by atoms with Gasteiger partial charge in [-0.05, 0) is 6.92 Å². The van der Waals surface area contributed by atoms with E-state index >= 15 is 0 Å². The number of carboxylic acids is 1. The fourth-order valence-electron chi connectivity index (χ4n) is 1.70. The highest BCUT2D eigenvalue weighted by molar-refractivity contribution is 5.75. The predicted molar refractivity (Wildman–Crippen MR) is 47.8 cm³/mol. The van der Waals surface area contributed by atoms with E-state index in [2.05, 4.69) is 5.32 Å². The number of aliphatic hydroxyl groups is 3. The third-order valence-electron chi connectivity index (χ3n) is 2.45. The van der Waals surface area contributed by atoms with Gasteiger partial charge in [0, 0.05) is 6.42 Å². The zero-order valence-electron chi connectivity index (χ0n) is 8.25. The highest BCUT2D eigenvalue weighted by Crippen LogP contribution is 2.27. The van der Waals surface area contributed by atoms with E-state index < -0.39 is 36.4 Å². The van der Waals surface area contributed by atoms with Crippen LogP contribution in [0.15, 0.2) is 0 Å². The van der Waals surface area contributed by atoms with Crippen LogP contribution in [0.1, 0.15) is 13.3 Å². The van der Waals surface area contributed by atoms with E-state index in [4.69, 9.17) is 14.9 Å². The van der Waals surface area contributed by atoms with Gasteiger partial charge in [0.25, 0.3) is 5.79 Å². The molecule has 4 atom stereocenters. The maximum atomic E-state index is 10.7. The van der Waals surface area contributed by atoms with E-state index in [-0.39, 0.29) is 6.73 Å². The number of carbonyl (C=O) groups is 1. The molecule has 0 amide bonds. The van der Waals surface area contributed by atoms with Crippen molar-refractivity contribution in [3.05, 3.63) is 0 Å². The first-order chi connectivity index (χ1) is 6.90. The normalized spacial score (nSPS) is 41.5. The minimum Gasteiger partial charge on any atom is -0.477 e. The molecule has 1 aliphatic heterocycles. The number of carboxylic acid groups (broad SMARTS) is 1. The Morgan fingerprint density at radius 2 is 2.27 bits per heavy atom. The van der Waals surface area contributed by atoms with Gasteiger partial charge in [-0.2, -0.15) is 0 Å². The second kappa shape index (κ2) is 4.42. The lowest BCUT2D eigenvalue weighted by Gasteiger charge is -2.40. The summed E-state index contributed by atoms with van der Waals surface area (Å²) in [4.78, 5) is 10.7. The van der Waals surface area contributed by atoms with E-state index in [0.29, 0.717) is 0 Å². The molecule has 0 saturated carbocycles. The lowest BCUT2D eigenvalue weighted by Crippen LogP contribution is -2.61. The third kappa shape index (κ3) is 2.44. The summed E-state index contributed by atoms with van der Waals surface area (Å²) in [6.07, 6.45) is -2.26. The van der Waals surface area contributed by atoms with Crippen LogP contribution in [-0.2, 0) is 9.53 Å². The van der Waals surface area contributed by atoms with E-state index in [1.165, 1.54) is 6.92 Å². The number of ether oxygens (including phenoxy) is 1. The Kier molecular flexibility index (Phi) is 3.63. The van der Waals surface area contributed by atoms with Crippen LogP contribution in [-0.4, -0.2) is 57.2 Å². The zero-order chi connectivity index (χ0) is 11.6. The molecule has 1 fully saturated rings. The van der Waals surface area contributed by atoms with E-state index in [9.17, 15) is 15.0 Å². The Bertz CT molecular complexity index is 233. The lowest BCUT2D eigenvalue weighted by atomic mass is 9.94. The molecule has 7 nitrogen and oxygen atoms in total. The average Bonchev–Trinajstić information content (AvgIpc) is 2.11. The monoisotopic (exact) mass is 221 g/mol. The fraction of sp³-hybridized carbons (Fsp3) is 0.875. The van der Waals surface area contributed by atoms with Crippen LogP contribution < -0.4 is 5.32 Å². The molecule has 0 spiro atoms. The van der Waals surface area contributed by atoms with Crippen molar-refractivity contribution in [3.63, 3.8) is 0 Å². The van der Waals surface area contributed by atoms with Gasteiger partial charge in [-0.25, -0.2) is 4.79 Å². The standard InChI is InChI=1S/C8H15NO6/c1-4-6(9-3-10)5(11)2-8(14,15-4)7(12)13/h4-6,9-11,14H,2-3H2,1H3,(H,12,13). The van der Waals surface area contributed by atoms with Crippen molar-refractivity contribution in [3.8, 4) is 0 Å². The second-order valence-electron chi connectivity index (χ2n) is 3.57.